The van der Waals surface area contributed by atoms with Crippen molar-refractivity contribution in [2.45, 2.75) is 39.8 Å². The molecule has 8 nitrogen and oxygen atoms in total. The molecule has 1 N–H and O–H groups in total. The van der Waals surface area contributed by atoms with Crippen molar-refractivity contribution >= 4 is 28.6 Å². The van der Waals surface area contributed by atoms with Crippen molar-refractivity contribution in [3.8, 4) is 22.5 Å². The molecule has 9 heteroatoms. The van der Waals surface area contributed by atoms with Gasteiger partial charge in [0.1, 0.15) is 5.65 Å². The summed E-state index contributed by atoms with van der Waals surface area (Å²) in [6.45, 7) is 6.31. The molecule has 0 aliphatic heterocycles. The Labute approximate surface area is 183 Å². The van der Waals surface area contributed by atoms with Crippen LogP contribution in [0.1, 0.15) is 26.2 Å². The third kappa shape index (κ3) is 3.57. The molecule has 1 fully saturated rings. The van der Waals surface area contributed by atoms with E-state index in [-0.39, 0.29) is 5.56 Å². The number of benzene rings is 1. The summed E-state index contributed by atoms with van der Waals surface area (Å²) in [6, 6.07) is 7.57. The summed E-state index contributed by atoms with van der Waals surface area (Å²) >= 11 is 6.57. The van der Waals surface area contributed by atoms with Gasteiger partial charge in [0.2, 0.25) is 17.7 Å². The smallest absolute Gasteiger partial charge is 0.260 e. The van der Waals surface area contributed by atoms with Gasteiger partial charge in [0, 0.05) is 52.8 Å². The molecule has 0 radical (unpaired) electrons. The summed E-state index contributed by atoms with van der Waals surface area (Å²) in [5.41, 5.74) is 2.31. The summed E-state index contributed by atoms with van der Waals surface area (Å²) < 4.78 is 6.69. The van der Waals surface area contributed by atoms with Gasteiger partial charge in [-0.2, -0.15) is 9.97 Å². The van der Waals surface area contributed by atoms with Crippen LogP contribution in [0.2, 0.25) is 5.02 Å². The highest BCUT2D eigenvalue weighted by Crippen LogP contribution is 2.33. The lowest BCUT2D eigenvalue weighted by molar-refractivity contribution is 0.394. The van der Waals surface area contributed by atoms with Crippen molar-refractivity contribution in [1.29, 1.82) is 0 Å². The zero-order valence-electron chi connectivity index (χ0n) is 17.4. The number of aryl methyl sites for hydroxylation is 2. The molecule has 1 unspecified atom stereocenters. The molecular weight excluding hydrogens is 416 g/mol. The first kappa shape index (κ1) is 19.7. The van der Waals surface area contributed by atoms with Crippen LogP contribution < -0.4 is 10.9 Å². The average Bonchev–Trinajstić information content (AvgIpc) is 3.26. The van der Waals surface area contributed by atoms with Gasteiger partial charge in [-0.05, 0) is 31.4 Å². The number of pyridine rings is 1. The minimum atomic E-state index is -0.149. The summed E-state index contributed by atoms with van der Waals surface area (Å²) in [7, 11) is 0. The number of halogens is 1. The monoisotopic (exact) mass is 436 g/mol. The first-order valence-corrected chi connectivity index (χ1v) is 10.6. The number of nitrogens with zero attached hydrogens (tertiary/aromatic N) is 5. The fourth-order valence-electron chi connectivity index (χ4n) is 3.69. The van der Waals surface area contributed by atoms with E-state index in [1.54, 1.807) is 35.9 Å². The largest absolute Gasteiger partial charge is 0.351 e. The number of rotatable bonds is 5. The fraction of sp³-hybridized carbons (Fsp3) is 0.318. The van der Waals surface area contributed by atoms with Gasteiger partial charge in [-0.15, -0.1) is 0 Å². The van der Waals surface area contributed by atoms with E-state index in [1.165, 1.54) is 0 Å². The lowest BCUT2D eigenvalue weighted by Crippen LogP contribution is -2.22. The van der Waals surface area contributed by atoms with E-state index >= 15 is 0 Å². The maximum absolute atomic E-state index is 13.3. The Bertz CT molecular complexity index is 1360. The molecule has 31 heavy (non-hydrogen) atoms. The molecule has 0 saturated heterocycles. The summed E-state index contributed by atoms with van der Waals surface area (Å²) in [4.78, 5) is 26.6. The van der Waals surface area contributed by atoms with Gasteiger partial charge in [0.05, 0.1) is 0 Å². The quantitative estimate of drug-likeness (QED) is 0.497. The second kappa shape index (κ2) is 7.46. The van der Waals surface area contributed by atoms with Crippen LogP contribution in [0.3, 0.4) is 0 Å². The molecule has 1 saturated carbocycles. The van der Waals surface area contributed by atoms with Crippen LogP contribution in [0.15, 0.2) is 39.8 Å². The van der Waals surface area contributed by atoms with Crippen molar-refractivity contribution < 1.29 is 4.52 Å². The Morgan fingerprint density at radius 1 is 1.26 bits per heavy atom. The van der Waals surface area contributed by atoms with Crippen LogP contribution in [0.25, 0.3) is 33.5 Å². The van der Waals surface area contributed by atoms with Crippen LogP contribution in [-0.4, -0.2) is 30.7 Å². The van der Waals surface area contributed by atoms with Crippen LogP contribution in [0.4, 0.5) is 5.95 Å². The second-order valence-electron chi connectivity index (χ2n) is 7.88. The number of fused-ring (bicyclic) bond motifs is 1. The van der Waals surface area contributed by atoms with E-state index in [2.05, 4.69) is 32.3 Å². The van der Waals surface area contributed by atoms with Crippen LogP contribution in [-0.2, 0) is 6.54 Å². The first-order chi connectivity index (χ1) is 14.9. The van der Waals surface area contributed by atoms with Crippen LogP contribution in [0, 0.1) is 12.8 Å². The molecule has 1 aliphatic rings. The second-order valence-corrected chi connectivity index (χ2v) is 8.28. The average molecular weight is 437 g/mol. The fourth-order valence-corrected chi connectivity index (χ4v) is 3.98. The molecule has 4 aromatic rings. The van der Waals surface area contributed by atoms with E-state index < -0.39 is 0 Å². The van der Waals surface area contributed by atoms with E-state index in [4.69, 9.17) is 16.1 Å². The molecule has 158 valence electrons. The molecular formula is C22H21ClN6O2. The maximum Gasteiger partial charge on any atom is 0.260 e. The van der Waals surface area contributed by atoms with Gasteiger partial charge in [0.15, 0.2) is 0 Å². The molecule has 2 atom stereocenters. The predicted molar refractivity (Wildman–Crippen MR) is 119 cm³/mol. The molecule has 1 aliphatic carbocycles. The topological polar surface area (TPSA) is 98.7 Å². The summed E-state index contributed by atoms with van der Waals surface area (Å²) in [6.07, 6.45) is 2.86. The lowest BCUT2D eigenvalue weighted by Gasteiger charge is -2.13. The zero-order valence-corrected chi connectivity index (χ0v) is 18.1. The highest BCUT2D eigenvalue weighted by molar-refractivity contribution is 6.33. The molecule has 1 aromatic carbocycles. The minimum absolute atomic E-state index is 0.149. The van der Waals surface area contributed by atoms with Gasteiger partial charge < -0.3 is 9.84 Å². The van der Waals surface area contributed by atoms with Crippen LogP contribution >= 0.6 is 11.6 Å². The van der Waals surface area contributed by atoms with Crippen molar-refractivity contribution in [2.75, 3.05) is 5.32 Å². The summed E-state index contributed by atoms with van der Waals surface area (Å²) in [5.74, 6) is 2.10. The molecule has 0 spiro atoms. The predicted octanol–water partition coefficient (Wildman–Crippen LogP) is 4.31. The molecule has 3 aromatic heterocycles. The van der Waals surface area contributed by atoms with E-state index in [9.17, 15) is 4.79 Å². The Balaban J connectivity index is 1.59. The minimum Gasteiger partial charge on any atom is -0.351 e. The SMILES string of the molecule is CCn1c(=O)c(-c2ccc(-c3noc(C)n3)cc2Cl)cc2cnc(NC3C[C@H]3C)nc21. The van der Waals surface area contributed by atoms with Crippen molar-refractivity contribution in [1.82, 2.24) is 24.7 Å². The molecule has 0 amide bonds. The third-order valence-corrected chi connectivity index (χ3v) is 5.92. The molecule has 5 rings (SSSR count). The van der Waals surface area contributed by atoms with Gasteiger partial charge in [-0.25, -0.2) is 4.98 Å². The molecule has 0 bridgehead atoms. The van der Waals surface area contributed by atoms with Gasteiger partial charge >= 0.3 is 0 Å². The van der Waals surface area contributed by atoms with Crippen molar-refractivity contribution in [3.05, 3.63) is 51.7 Å². The van der Waals surface area contributed by atoms with E-state index in [0.29, 0.717) is 58.0 Å². The Morgan fingerprint density at radius 3 is 2.71 bits per heavy atom. The maximum atomic E-state index is 13.3. The van der Waals surface area contributed by atoms with E-state index in [1.807, 2.05) is 13.0 Å². The molecule has 3 heterocycles. The van der Waals surface area contributed by atoms with Gasteiger partial charge in [0.25, 0.3) is 5.56 Å². The Hall–Kier alpha value is -3.26. The normalized spacial score (nSPS) is 17.8. The highest BCUT2D eigenvalue weighted by atomic mass is 35.5. The van der Waals surface area contributed by atoms with Gasteiger partial charge in [-0.1, -0.05) is 35.8 Å². The first-order valence-electron chi connectivity index (χ1n) is 10.2. The number of hydrogen-bond donors (Lipinski definition) is 1. The van der Waals surface area contributed by atoms with Crippen molar-refractivity contribution in [2.24, 2.45) is 5.92 Å². The highest BCUT2D eigenvalue weighted by Gasteiger charge is 2.33. The van der Waals surface area contributed by atoms with Crippen LogP contribution in [0.5, 0.6) is 0 Å². The number of hydrogen-bond acceptors (Lipinski definition) is 7. The summed E-state index contributed by atoms with van der Waals surface area (Å²) in [5, 5.41) is 8.46. The third-order valence-electron chi connectivity index (χ3n) is 5.61. The zero-order chi connectivity index (χ0) is 21.7. The number of nitrogens with one attached hydrogen (secondary N) is 1. The van der Waals surface area contributed by atoms with Crippen molar-refractivity contribution in [3.63, 3.8) is 0 Å². The Kier molecular flexibility index (Phi) is 4.74. The van der Waals surface area contributed by atoms with Gasteiger partial charge in [-0.3, -0.25) is 9.36 Å². The van der Waals surface area contributed by atoms with E-state index in [0.717, 1.165) is 17.4 Å². The number of aromatic nitrogens is 5. The standard InChI is InChI=1S/C22H21ClN6O2/c1-4-29-20-14(10-24-22(27-20)26-18-7-11(18)2)8-16(21(29)30)15-6-5-13(9-17(15)23)19-25-12(3)31-28-19/h5-6,8-11,18H,4,7H2,1-3H3,(H,24,26,27)/t11-,18?/m1/s1. The lowest BCUT2D eigenvalue weighted by atomic mass is 10.0. The Morgan fingerprint density at radius 2 is 2.06 bits per heavy atom. The number of anilines is 1.